The number of aryl methyl sites for hydroxylation is 2. The molecule has 18 heavy (non-hydrogen) atoms. The summed E-state index contributed by atoms with van der Waals surface area (Å²) in [4.78, 5) is 0. The molecule has 0 radical (unpaired) electrons. The van der Waals surface area contributed by atoms with Gasteiger partial charge in [-0.1, -0.05) is 29.8 Å². The van der Waals surface area contributed by atoms with Gasteiger partial charge in [-0.3, -0.25) is 4.68 Å². The molecule has 1 atom stereocenters. The number of halogens is 2. The van der Waals surface area contributed by atoms with Crippen LogP contribution in [0.1, 0.15) is 22.9 Å². The molecule has 2 rings (SSSR count). The van der Waals surface area contributed by atoms with Gasteiger partial charge in [0.05, 0.1) is 11.8 Å². The van der Waals surface area contributed by atoms with Crippen LogP contribution >= 0.6 is 11.6 Å². The van der Waals surface area contributed by atoms with Crippen LogP contribution in [0.15, 0.2) is 24.3 Å². The van der Waals surface area contributed by atoms with Crippen molar-refractivity contribution >= 4 is 11.6 Å². The molecular weight excluding hydrogens is 255 g/mol. The van der Waals surface area contributed by atoms with Gasteiger partial charge in [0.1, 0.15) is 11.0 Å². The Balaban J connectivity index is 2.28. The van der Waals surface area contributed by atoms with E-state index in [0.29, 0.717) is 22.0 Å². The Morgan fingerprint density at radius 2 is 2.11 bits per heavy atom. The van der Waals surface area contributed by atoms with E-state index in [2.05, 4.69) is 5.10 Å². The van der Waals surface area contributed by atoms with Gasteiger partial charge in [0.25, 0.3) is 0 Å². The van der Waals surface area contributed by atoms with Gasteiger partial charge in [-0.25, -0.2) is 4.39 Å². The van der Waals surface area contributed by atoms with Gasteiger partial charge in [-0.2, -0.15) is 5.10 Å². The van der Waals surface area contributed by atoms with Crippen LogP contribution in [0.2, 0.25) is 5.15 Å². The minimum Gasteiger partial charge on any atom is -0.388 e. The summed E-state index contributed by atoms with van der Waals surface area (Å²) in [6.45, 7) is 1.77. The average Bonchev–Trinajstić information content (AvgIpc) is 2.56. The highest BCUT2D eigenvalue weighted by Crippen LogP contribution is 2.28. The lowest BCUT2D eigenvalue weighted by molar-refractivity contribution is 0.176. The van der Waals surface area contributed by atoms with Crippen molar-refractivity contribution in [1.29, 1.82) is 0 Å². The van der Waals surface area contributed by atoms with E-state index in [1.54, 1.807) is 32.2 Å². The van der Waals surface area contributed by atoms with Crippen LogP contribution in [0.3, 0.4) is 0 Å². The molecule has 2 aromatic rings. The summed E-state index contributed by atoms with van der Waals surface area (Å²) in [5.41, 5.74) is 1.68. The molecule has 1 N–H and O–H groups in total. The van der Waals surface area contributed by atoms with E-state index in [0.717, 1.165) is 0 Å². The van der Waals surface area contributed by atoms with Crippen LogP contribution < -0.4 is 0 Å². The fraction of sp³-hybridized carbons (Fsp3) is 0.308. The predicted octanol–water partition coefficient (Wildman–Crippen LogP) is 2.80. The maximum Gasteiger partial charge on any atom is 0.132 e. The standard InChI is InChI=1S/C13H14ClFN2O/c1-8-12(13(14)17(2)16-8)11(18)7-9-5-3-4-6-10(9)15/h3-6,11,18H,7H2,1-2H3. The summed E-state index contributed by atoms with van der Waals surface area (Å²) in [6.07, 6.45) is -0.679. The maximum atomic E-state index is 13.5. The van der Waals surface area contributed by atoms with Gasteiger partial charge >= 0.3 is 0 Å². The zero-order chi connectivity index (χ0) is 13.3. The minimum atomic E-state index is -0.858. The summed E-state index contributed by atoms with van der Waals surface area (Å²) in [7, 11) is 1.70. The molecule has 0 saturated carbocycles. The lowest BCUT2D eigenvalue weighted by atomic mass is 10.0. The first-order chi connectivity index (χ1) is 8.50. The number of aliphatic hydroxyl groups is 1. The summed E-state index contributed by atoms with van der Waals surface area (Å²) < 4.78 is 15.0. The van der Waals surface area contributed by atoms with Crippen molar-refractivity contribution in [3.05, 3.63) is 52.1 Å². The van der Waals surface area contributed by atoms with E-state index in [9.17, 15) is 9.50 Å². The number of hydrogen-bond acceptors (Lipinski definition) is 2. The van der Waals surface area contributed by atoms with E-state index in [1.165, 1.54) is 10.7 Å². The lowest BCUT2D eigenvalue weighted by Crippen LogP contribution is -2.05. The monoisotopic (exact) mass is 268 g/mol. The first-order valence-corrected chi connectivity index (χ1v) is 5.99. The molecule has 0 spiro atoms. The van der Waals surface area contributed by atoms with E-state index in [-0.39, 0.29) is 12.2 Å². The van der Waals surface area contributed by atoms with Crippen LogP contribution in [0.5, 0.6) is 0 Å². The number of aromatic nitrogens is 2. The van der Waals surface area contributed by atoms with E-state index >= 15 is 0 Å². The first kappa shape index (κ1) is 13.1. The largest absolute Gasteiger partial charge is 0.388 e. The molecule has 3 nitrogen and oxygen atoms in total. The van der Waals surface area contributed by atoms with Gasteiger partial charge in [-0.05, 0) is 18.6 Å². The van der Waals surface area contributed by atoms with Gasteiger partial charge in [0.15, 0.2) is 0 Å². The maximum absolute atomic E-state index is 13.5. The Kier molecular flexibility index (Phi) is 3.68. The van der Waals surface area contributed by atoms with Crippen molar-refractivity contribution in [3.8, 4) is 0 Å². The van der Waals surface area contributed by atoms with Crippen molar-refractivity contribution in [2.75, 3.05) is 0 Å². The Hall–Kier alpha value is -1.39. The number of nitrogens with zero attached hydrogens (tertiary/aromatic N) is 2. The number of hydrogen-bond donors (Lipinski definition) is 1. The molecule has 0 aliphatic carbocycles. The van der Waals surface area contributed by atoms with Crippen molar-refractivity contribution in [1.82, 2.24) is 9.78 Å². The second-order valence-corrected chi connectivity index (χ2v) is 4.58. The zero-order valence-electron chi connectivity index (χ0n) is 10.2. The van der Waals surface area contributed by atoms with Gasteiger partial charge < -0.3 is 5.11 Å². The molecule has 0 bridgehead atoms. The zero-order valence-corrected chi connectivity index (χ0v) is 10.9. The van der Waals surface area contributed by atoms with Crippen LogP contribution in [-0.2, 0) is 13.5 Å². The van der Waals surface area contributed by atoms with Crippen molar-refractivity contribution in [3.63, 3.8) is 0 Å². The van der Waals surface area contributed by atoms with Crippen LogP contribution in [0.4, 0.5) is 4.39 Å². The van der Waals surface area contributed by atoms with Gasteiger partial charge in [0, 0.05) is 19.0 Å². The number of benzene rings is 1. The first-order valence-electron chi connectivity index (χ1n) is 5.61. The third kappa shape index (κ3) is 2.40. The normalized spacial score (nSPS) is 12.7. The lowest BCUT2D eigenvalue weighted by Gasteiger charge is -2.11. The van der Waals surface area contributed by atoms with Crippen molar-refractivity contribution < 1.29 is 9.50 Å². The third-order valence-electron chi connectivity index (χ3n) is 2.90. The van der Waals surface area contributed by atoms with Crippen LogP contribution in [0.25, 0.3) is 0 Å². The molecule has 0 aliphatic heterocycles. The Labute approximate surface area is 110 Å². The molecule has 0 amide bonds. The molecule has 5 heteroatoms. The Morgan fingerprint density at radius 1 is 1.44 bits per heavy atom. The molecule has 1 heterocycles. The quantitative estimate of drug-likeness (QED) is 0.930. The second-order valence-electron chi connectivity index (χ2n) is 4.22. The van der Waals surface area contributed by atoms with E-state index < -0.39 is 6.10 Å². The highest BCUT2D eigenvalue weighted by atomic mass is 35.5. The summed E-state index contributed by atoms with van der Waals surface area (Å²) >= 11 is 6.06. The van der Waals surface area contributed by atoms with E-state index in [1.807, 2.05) is 0 Å². The number of rotatable bonds is 3. The van der Waals surface area contributed by atoms with Crippen molar-refractivity contribution in [2.24, 2.45) is 7.05 Å². The fourth-order valence-corrected chi connectivity index (χ4v) is 2.30. The number of aliphatic hydroxyl groups excluding tert-OH is 1. The summed E-state index contributed by atoms with van der Waals surface area (Å²) in [5.74, 6) is -0.325. The summed E-state index contributed by atoms with van der Waals surface area (Å²) in [5, 5.41) is 14.7. The van der Waals surface area contributed by atoms with Gasteiger partial charge in [-0.15, -0.1) is 0 Å². The molecule has 1 unspecified atom stereocenters. The molecule has 0 aliphatic rings. The molecule has 1 aromatic heterocycles. The molecule has 0 saturated heterocycles. The summed E-state index contributed by atoms with van der Waals surface area (Å²) in [6, 6.07) is 6.38. The second kappa shape index (κ2) is 5.08. The molecule has 1 aromatic carbocycles. The van der Waals surface area contributed by atoms with Crippen molar-refractivity contribution in [2.45, 2.75) is 19.4 Å². The molecular formula is C13H14ClFN2O. The SMILES string of the molecule is Cc1nn(C)c(Cl)c1C(O)Cc1ccccc1F. The minimum absolute atomic E-state index is 0.179. The van der Waals surface area contributed by atoms with Gasteiger partial charge in [0.2, 0.25) is 0 Å². The fourth-order valence-electron chi connectivity index (χ4n) is 2.00. The van der Waals surface area contributed by atoms with Crippen LogP contribution in [0, 0.1) is 12.7 Å². The Bertz CT molecular complexity index is 568. The predicted molar refractivity (Wildman–Crippen MR) is 68.0 cm³/mol. The Morgan fingerprint density at radius 3 is 2.67 bits per heavy atom. The van der Waals surface area contributed by atoms with Crippen LogP contribution in [-0.4, -0.2) is 14.9 Å². The topological polar surface area (TPSA) is 38.0 Å². The highest BCUT2D eigenvalue weighted by Gasteiger charge is 2.20. The molecule has 0 fully saturated rings. The molecule has 96 valence electrons. The highest BCUT2D eigenvalue weighted by molar-refractivity contribution is 6.30. The van der Waals surface area contributed by atoms with E-state index in [4.69, 9.17) is 11.6 Å². The third-order valence-corrected chi connectivity index (χ3v) is 3.35. The average molecular weight is 269 g/mol. The smallest absolute Gasteiger partial charge is 0.132 e.